The number of nitrogens with zero attached hydrogens (tertiary/aromatic N) is 3. The number of rotatable bonds is 3. The maximum absolute atomic E-state index is 11.6. The second-order valence-corrected chi connectivity index (χ2v) is 5.89. The molecule has 0 aromatic carbocycles. The molecular weight excluding hydrogens is 282 g/mol. The largest absolute Gasteiger partial charge is 0.460 e. The number of ether oxygens (including phenoxy) is 1. The molecule has 0 spiro atoms. The summed E-state index contributed by atoms with van der Waals surface area (Å²) in [6.07, 6.45) is 0. The van der Waals surface area contributed by atoms with Crippen LogP contribution in [0.1, 0.15) is 17.5 Å². The van der Waals surface area contributed by atoms with Crippen LogP contribution >= 0.6 is 22.7 Å². The van der Waals surface area contributed by atoms with E-state index in [4.69, 9.17) is 4.74 Å². The molecule has 0 fully saturated rings. The minimum atomic E-state index is -0.484. The first kappa shape index (κ1) is 12.3. The molecular formula is C12H11N3O2S2. The molecule has 0 aliphatic heterocycles. The Kier molecular flexibility index (Phi) is 3.08. The van der Waals surface area contributed by atoms with Gasteiger partial charge in [0.1, 0.15) is 0 Å². The van der Waals surface area contributed by atoms with E-state index in [1.165, 1.54) is 9.40 Å². The van der Waals surface area contributed by atoms with Crippen LogP contribution in [0.5, 0.6) is 0 Å². The van der Waals surface area contributed by atoms with Crippen LogP contribution in [0.4, 0.5) is 0 Å². The van der Waals surface area contributed by atoms with E-state index in [0.717, 1.165) is 4.88 Å². The van der Waals surface area contributed by atoms with Crippen LogP contribution in [0.25, 0.3) is 20.1 Å². The zero-order chi connectivity index (χ0) is 13.4. The maximum Gasteiger partial charge on any atom is 0.378 e. The second-order valence-electron chi connectivity index (χ2n) is 3.86. The molecule has 98 valence electrons. The van der Waals surface area contributed by atoms with E-state index < -0.39 is 5.97 Å². The fraction of sp³-hybridized carbons (Fsp3) is 0.250. The molecule has 5 nitrogen and oxygen atoms in total. The molecule has 3 rings (SSSR count). The molecule has 19 heavy (non-hydrogen) atoms. The number of hydrogen-bond donors (Lipinski definition) is 0. The molecule has 0 atom stereocenters. The zero-order valence-corrected chi connectivity index (χ0v) is 12.0. The van der Waals surface area contributed by atoms with Crippen LogP contribution in [0.3, 0.4) is 0 Å². The van der Waals surface area contributed by atoms with E-state index in [2.05, 4.69) is 27.6 Å². The number of carbonyl (C=O) groups excluding carboxylic acids is 1. The van der Waals surface area contributed by atoms with Gasteiger partial charge in [0.15, 0.2) is 5.82 Å². The summed E-state index contributed by atoms with van der Waals surface area (Å²) >= 11 is 3.34. The van der Waals surface area contributed by atoms with Gasteiger partial charge in [-0.05, 0) is 24.4 Å². The van der Waals surface area contributed by atoms with Gasteiger partial charge in [0, 0.05) is 16.4 Å². The molecule has 3 heterocycles. The molecule has 3 aromatic rings. The monoisotopic (exact) mass is 293 g/mol. The third-order valence-corrected chi connectivity index (χ3v) is 4.67. The van der Waals surface area contributed by atoms with Gasteiger partial charge in [-0.2, -0.15) is 0 Å². The second kappa shape index (κ2) is 4.75. The number of hydrogen-bond acceptors (Lipinski definition) is 6. The van der Waals surface area contributed by atoms with Crippen molar-refractivity contribution in [3.8, 4) is 10.7 Å². The molecule has 0 aliphatic rings. The van der Waals surface area contributed by atoms with Crippen molar-refractivity contribution in [3.63, 3.8) is 0 Å². The van der Waals surface area contributed by atoms with Gasteiger partial charge in [0.05, 0.1) is 11.5 Å². The summed E-state index contributed by atoms with van der Waals surface area (Å²) in [5.41, 5.74) is 0. The smallest absolute Gasteiger partial charge is 0.378 e. The van der Waals surface area contributed by atoms with Crippen molar-refractivity contribution in [1.29, 1.82) is 0 Å². The van der Waals surface area contributed by atoms with E-state index in [-0.39, 0.29) is 5.82 Å². The number of fused-ring (bicyclic) bond motifs is 1. The first-order valence-electron chi connectivity index (χ1n) is 5.74. The fourth-order valence-corrected chi connectivity index (χ4v) is 3.89. The Balaban J connectivity index is 2.01. The van der Waals surface area contributed by atoms with Crippen molar-refractivity contribution in [2.24, 2.45) is 7.05 Å². The minimum absolute atomic E-state index is 0.108. The summed E-state index contributed by atoms with van der Waals surface area (Å²) in [5, 5.41) is 6.16. The Labute approximate surface area is 117 Å². The number of aryl methyl sites for hydroxylation is 1. The third-order valence-electron chi connectivity index (χ3n) is 2.58. The highest BCUT2D eigenvalue weighted by atomic mass is 32.1. The Bertz CT molecular complexity index is 713. The molecule has 0 amide bonds. The molecule has 7 heteroatoms. The molecule has 0 unspecified atom stereocenters. The topological polar surface area (TPSA) is 57.0 Å². The van der Waals surface area contributed by atoms with Crippen LogP contribution in [-0.4, -0.2) is 27.3 Å². The van der Waals surface area contributed by atoms with Crippen LogP contribution in [0.15, 0.2) is 17.5 Å². The standard InChI is InChI=1S/C12H11N3O2S2/c1-3-17-12(16)10-13-11(15(2)14-10)9-6-8-7(19-9)4-5-18-8/h4-6H,3H2,1-2H3. The number of aromatic nitrogens is 3. The lowest BCUT2D eigenvalue weighted by atomic mass is 10.4. The van der Waals surface area contributed by atoms with Gasteiger partial charge in [-0.15, -0.1) is 27.8 Å². The van der Waals surface area contributed by atoms with E-state index in [1.54, 1.807) is 41.3 Å². The maximum atomic E-state index is 11.6. The summed E-state index contributed by atoms with van der Waals surface area (Å²) in [5.74, 6) is 0.315. The Morgan fingerprint density at radius 1 is 1.47 bits per heavy atom. The normalized spacial score (nSPS) is 11.1. The van der Waals surface area contributed by atoms with E-state index >= 15 is 0 Å². The van der Waals surface area contributed by atoms with Gasteiger partial charge in [-0.25, -0.2) is 14.5 Å². The lowest BCUT2D eigenvalue weighted by molar-refractivity contribution is 0.0512. The average Bonchev–Trinajstić information content (AvgIpc) is 3.01. The van der Waals surface area contributed by atoms with Crippen molar-refractivity contribution >= 4 is 38.0 Å². The van der Waals surface area contributed by atoms with Crippen LogP contribution in [-0.2, 0) is 11.8 Å². The first-order chi connectivity index (χ1) is 9.19. The molecule has 0 radical (unpaired) electrons. The predicted molar refractivity (Wildman–Crippen MR) is 75.7 cm³/mol. The lowest BCUT2D eigenvalue weighted by Crippen LogP contribution is -2.07. The van der Waals surface area contributed by atoms with Gasteiger partial charge in [0.2, 0.25) is 0 Å². The van der Waals surface area contributed by atoms with Gasteiger partial charge < -0.3 is 4.74 Å². The predicted octanol–water partition coefficient (Wildman–Crippen LogP) is 2.94. The lowest BCUT2D eigenvalue weighted by Gasteiger charge is -1.94. The number of esters is 1. The van der Waals surface area contributed by atoms with Crippen molar-refractivity contribution < 1.29 is 9.53 Å². The summed E-state index contributed by atoms with van der Waals surface area (Å²) in [4.78, 5) is 16.9. The van der Waals surface area contributed by atoms with Crippen molar-refractivity contribution in [3.05, 3.63) is 23.3 Å². The van der Waals surface area contributed by atoms with Gasteiger partial charge in [0.25, 0.3) is 5.82 Å². The Morgan fingerprint density at radius 2 is 2.32 bits per heavy atom. The number of carbonyl (C=O) groups is 1. The van der Waals surface area contributed by atoms with Crippen molar-refractivity contribution in [1.82, 2.24) is 14.8 Å². The van der Waals surface area contributed by atoms with Crippen LogP contribution in [0, 0.1) is 0 Å². The van der Waals surface area contributed by atoms with E-state index in [1.807, 2.05) is 0 Å². The average molecular weight is 293 g/mol. The molecule has 0 aliphatic carbocycles. The highest BCUT2D eigenvalue weighted by Crippen LogP contribution is 2.35. The first-order valence-corrected chi connectivity index (χ1v) is 7.44. The SMILES string of the molecule is CCOC(=O)c1nc(-c2cc3sccc3s2)n(C)n1. The third kappa shape index (κ3) is 2.15. The summed E-state index contributed by atoms with van der Waals surface area (Å²) in [7, 11) is 1.78. The molecule has 0 bridgehead atoms. The molecule has 0 saturated carbocycles. The molecule has 0 N–H and O–H groups in total. The van der Waals surface area contributed by atoms with Crippen molar-refractivity contribution in [2.75, 3.05) is 6.61 Å². The highest BCUT2D eigenvalue weighted by Gasteiger charge is 2.18. The van der Waals surface area contributed by atoms with Crippen LogP contribution in [0.2, 0.25) is 0 Å². The van der Waals surface area contributed by atoms with E-state index in [0.29, 0.717) is 12.4 Å². The number of thiophene rings is 2. The molecule has 0 saturated heterocycles. The summed E-state index contributed by atoms with van der Waals surface area (Å²) in [6.45, 7) is 2.08. The Morgan fingerprint density at radius 3 is 3.05 bits per heavy atom. The molecule has 3 aromatic heterocycles. The van der Waals surface area contributed by atoms with Gasteiger partial charge in [-0.3, -0.25) is 0 Å². The van der Waals surface area contributed by atoms with Gasteiger partial charge >= 0.3 is 5.97 Å². The summed E-state index contributed by atoms with van der Waals surface area (Å²) < 4.78 is 8.96. The fourth-order valence-electron chi connectivity index (χ4n) is 1.76. The highest BCUT2D eigenvalue weighted by molar-refractivity contribution is 7.28. The quantitative estimate of drug-likeness (QED) is 0.697. The Hall–Kier alpha value is -1.73. The zero-order valence-electron chi connectivity index (χ0n) is 10.4. The minimum Gasteiger partial charge on any atom is -0.460 e. The van der Waals surface area contributed by atoms with Crippen LogP contribution < -0.4 is 0 Å². The summed E-state index contributed by atoms with van der Waals surface area (Å²) in [6, 6.07) is 4.15. The van der Waals surface area contributed by atoms with Crippen molar-refractivity contribution in [2.45, 2.75) is 6.92 Å². The van der Waals surface area contributed by atoms with Gasteiger partial charge in [-0.1, -0.05) is 0 Å². The van der Waals surface area contributed by atoms with E-state index in [9.17, 15) is 4.79 Å².